The van der Waals surface area contributed by atoms with E-state index in [4.69, 9.17) is 27.9 Å². The number of phenolic OH excluding ortho intramolecular Hbond substituents is 1. The molecular formula is C13H15Cl2NO3. The zero-order valence-corrected chi connectivity index (χ0v) is 11.8. The molecule has 0 spiro atoms. The van der Waals surface area contributed by atoms with Crippen LogP contribution >= 0.6 is 23.2 Å². The highest BCUT2D eigenvalue weighted by Crippen LogP contribution is 2.34. The van der Waals surface area contributed by atoms with Gasteiger partial charge in [-0.15, -0.1) is 0 Å². The number of halogens is 2. The first-order valence-corrected chi connectivity index (χ1v) is 6.87. The number of rotatable bonds is 3. The first-order valence-electron chi connectivity index (χ1n) is 6.12. The van der Waals surface area contributed by atoms with E-state index in [9.17, 15) is 9.90 Å². The van der Waals surface area contributed by atoms with E-state index in [1.807, 2.05) is 0 Å². The number of benzene rings is 1. The molecule has 1 aliphatic heterocycles. The summed E-state index contributed by atoms with van der Waals surface area (Å²) in [4.78, 5) is 11.9. The van der Waals surface area contributed by atoms with Gasteiger partial charge in [0.15, 0.2) is 5.75 Å². The van der Waals surface area contributed by atoms with E-state index in [1.165, 1.54) is 12.1 Å². The van der Waals surface area contributed by atoms with Crippen LogP contribution in [0, 0.1) is 5.92 Å². The Labute approximate surface area is 121 Å². The van der Waals surface area contributed by atoms with Gasteiger partial charge in [-0.25, -0.2) is 0 Å². The highest BCUT2D eigenvalue weighted by Gasteiger charge is 2.18. The maximum absolute atomic E-state index is 11.9. The van der Waals surface area contributed by atoms with Crippen molar-refractivity contribution in [1.82, 2.24) is 0 Å². The average Bonchev–Trinajstić information content (AvgIpc) is 2.37. The minimum Gasteiger partial charge on any atom is -0.505 e. The lowest BCUT2D eigenvalue weighted by atomic mass is 9.96. The molecule has 0 radical (unpaired) electrons. The van der Waals surface area contributed by atoms with Crippen molar-refractivity contribution in [2.45, 2.75) is 19.3 Å². The number of anilines is 1. The number of phenols is 1. The van der Waals surface area contributed by atoms with E-state index >= 15 is 0 Å². The molecule has 4 nitrogen and oxygen atoms in total. The molecule has 19 heavy (non-hydrogen) atoms. The number of hydrogen-bond acceptors (Lipinski definition) is 3. The molecule has 0 bridgehead atoms. The van der Waals surface area contributed by atoms with Crippen LogP contribution in [0.15, 0.2) is 12.1 Å². The molecule has 2 rings (SSSR count). The van der Waals surface area contributed by atoms with Gasteiger partial charge in [-0.1, -0.05) is 23.2 Å². The van der Waals surface area contributed by atoms with Gasteiger partial charge in [-0.05, 0) is 30.9 Å². The molecular weight excluding hydrogens is 289 g/mol. The van der Waals surface area contributed by atoms with E-state index in [0.717, 1.165) is 26.1 Å². The molecule has 1 heterocycles. The molecule has 6 heteroatoms. The number of nitrogens with one attached hydrogen (secondary N) is 1. The molecule has 0 atom stereocenters. The molecule has 1 aromatic carbocycles. The highest BCUT2D eigenvalue weighted by atomic mass is 35.5. The summed E-state index contributed by atoms with van der Waals surface area (Å²) in [5.41, 5.74) is 0.491. The lowest BCUT2D eigenvalue weighted by Gasteiger charge is -2.21. The summed E-state index contributed by atoms with van der Waals surface area (Å²) < 4.78 is 5.25. The minimum absolute atomic E-state index is 0.0790. The second-order valence-corrected chi connectivity index (χ2v) is 5.41. The Morgan fingerprint density at radius 3 is 2.47 bits per heavy atom. The van der Waals surface area contributed by atoms with Gasteiger partial charge >= 0.3 is 0 Å². The lowest BCUT2D eigenvalue weighted by molar-refractivity contribution is -0.117. The Balaban J connectivity index is 1.94. The SMILES string of the molecule is O=C(CC1CCOCC1)Nc1cc(Cl)c(O)c(Cl)c1. The molecule has 2 N–H and O–H groups in total. The predicted octanol–water partition coefficient (Wildman–Crippen LogP) is 3.45. The molecule has 1 amide bonds. The zero-order chi connectivity index (χ0) is 13.8. The van der Waals surface area contributed by atoms with Crippen molar-refractivity contribution >= 4 is 34.8 Å². The van der Waals surface area contributed by atoms with Crippen molar-refractivity contribution in [3.05, 3.63) is 22.2 Å². The fraction of sp³-hybridized carbons (Fsp3) is 0.462. The van der Waals surface area contributed by atoms with Crippen LogP contribution < -0.4 is 5.32 Å². The predicted molar refractivity (Wildman–Crippen MR) is 74.9 cm³/mol. The monoisotopic (exact) mass is 303 g/mol. The Bertz CT molecular complexity index is 450. The number of carbonyl (C=O) groups excluding carboxylic acids is 1. The smallest absolute Gasteiger partial charge is 0.224 e. The second kappa shape index (κ2) is 6.46. The van der Waals surface area contributed by atoms with E-state index in [1.54, 1.807) is 0 Å². The summed E-state index contributed by atoms with van der Waals surface area (Å²) in [7, 11) is 0. The van der Waals surface area contributed by atoms with Gasteiger partial charge < -0.3 is 15.2 Å². The third-order valence-corrected chi connectivity index (χ3v) is 3.69. The maximum atomic E-state index is 11.9. The fourth-order valence-electron chi connectivity index (χ4n) is 2.06. The van der Waals surface area contributed by atoms with Gasteiger partial charge in [0.25, 0.3) is 0 Å². The van der Waals surface area contributed by atoms with Crippen LogP contribution in [-0.4, -0.2) is 24.2 Å². The Hall–Kier alpha value is -0.970. The molecule has 0 saturated carbocycles. The molecule has 1 aliphatic rings. The van der Waals surface area contributed by atoms with Crippen LogP contribution in [0.3, 0.4) is 0 Å². The summed E-state index contributed by atoms with van der Waals surface area (Å²) >= 11 is 11.6. The molecule has 1 fully saturated rings. The highest BCUT2D eigenvalue weighted by molar-refractivity contribution is 6.37. The zero-order valence-electron chi connectivity index (χ0n) is 10.3. The van der Waals surface area contributed by atoms with E-state index in [0.29, 0.717) is 18.0 Å². The van der Waals surface area contributed by atoms with Gasteiger partial charge in [0.1, 0.15) is 0 Å². The third-order valence-electron chi connectivity index (χ3n) is 3.12. The molecule has 0 unspecified atom stereocenters. The van der Waals surface area contributed by atoms with Gasteiger partial charge in [-0.3, -0.25) is 4.79 Å². The van der Waals surface area contributed by atoms with Crippen LogP contribution in [0.1, 0.15) is 19.3 Å². The van der Waals surface area contributed by atoms with Crippen molar-refractivity contribution in [1.29, 1.82) is 0 Å². The first-order chi connectivity index (χ1) is 9.06. The van der Waals surface area contributed by atoms with Gasteiger partial charge in [0.05, 0.1) is 10.0 Å². The maximum Gasteiger partial charge on any atom is 0.224 e. The fourth-order valence-corrected chi connectivity index (χ4v) is 2.55. The third kappa shape index (κ3) is 4.00. The van der Waals surface area contributed by atoms with Crippen LogP contribution in [0.25, 0.3) is 0 Å². The summed E-state index contributed by atoms with van der Waals surface area (Å²) in [6.07, 6.45) is 2.27. The first kappa shape index (κ1) is 14.4. The topological polar surface area (TPSA) is 58.6 Å². The second-order valence-electron chi connectivity index (χ2n) is 4.60. The molecule has 104 valence electrons. The number of aromatic hydroxyl groups is 1. The summed E-state index contributed by atoms with van der Waals surface area (Å²) in [6.45, 7) is 1.43. The lowest BCUT2D eigenvalue weighted by Crippen LogP contribution is -2.22. The van der Waals surface area contributed by atoms with Crippen LogP contribution in [0.5, 0.6) is 5.75 Å². The summed E-state index contributed by atoms with van der Waals surface area (Å²) in [5, 5.41) is 12.4. The normalized spacial score (nSPS) is 16.3. The van der Waals surface area contributed by atoms with E-state index < -0.39 is 0 Å². The van der Waals surface area contributed by atoms with Crippen molar-refractivity contribution in [2.24, 2.45) is 5.92 Å². The molecule has 1 saturated heterocycles. The Kier molecular flexibility index (Phi) is 4.91. The molecule has 0 aliphatic carbocycles. The largest absolute Gasteiger partial charge is 0.505 e. The van der Waals surface area contributed by atoms with Crippen molar-refractivity contribution < 1.29 is 14.6 Å². The van der Waals surface area contributed by atoms with Crippen LogP contribution in [0.4, 0.5) is 5.69 Å². The number of ether oxygens (including phenoxy) is 1. The van der Waals surface area contributed by atoms with Crippen molar-refractivity contribution in [2.75, 3.05) is 18.5 Å². The van der Waals surface area contributed by atoms with Crippen LogP contribution in [-0.2, 0) is 9.53 Å². The van der Waals surface area contributed by atoms with Gasteiger partial charge in [0.2, 0.25) is 5.91 Å². The van der Waals surface area contributed by atoms with E-state index in [-0.39, 0.29) is 21.7 Å². The number of hydrogen-bond donors (Lipinski definition) is 2. The molecule has 0 aromatic heterocycles. The van der Waals surface area contributed by atoms with Gasteiger partial charge in [0, 0.05) is 25.3 Å². The number of carbonyl (C=O) groups is 1. The summed E-state index contributed by atoms with van der Waals surface area (Å²) in [6, 6.07) is 2.95. The van der Waals surface area contributed by atoms with Crippen molar-refractivity contribution in [3.63, 3.8) is 0 Å². The summed E-state index contributed by atoms with van der Waals surface area (Å²) in [5.74, 6) is 0.104. The quantitative estimate of drug-likeness (QED) is 0.841. The average molecular weight is 304 g/mol. The Morgan fingerprint density at radius 2 is 1.89 bits per heavy atom. The van der Waals surface area contributed by atoms with Crippen molar-refractivity contribution in [3.8, 4) is 5.75 Å². The minimum atomic E-state index is -0.175. The van der Waals surface area contributed by atoms with Crippen LogP contribution in [0.2, 0.25) is 10.0 Å². The van der Waals surface area contributed by atoms with Gasteiger partial charge in [-0.2, -0.15) is 0 Å². The van der Waals surface area contributed by atoms with E-state index in [2.05, 4.69) is 5.32 Å². The molecule has 1 aromatic rings. The Morgan fingerprint density at radius 1 is 1.32 bits per heavy atom. The number of amides is 1. The standard InChI is InChI=1S/C13H15Cl2NO3/c14-10-6-9(7-11(15)13(10)18)16-12(17)5-8-1-3-19-4-2-8/h6-8,18H,1-5H2,(H,16,17).